The number of carboxylic acids is 1. The van der Waals surface area contributed by atoms with Crippen molar-refractivity contribution in [3.05, 3.63) is 53.7 Å². The zero-order chi connectivity index (χ0) is 31.9. The number of carbonyl (C=O) groups is 1. The average Bonchev–Trinajstić information content (AvgIpc) is 3.04. The Balaban J connectivity index is 0.00000480. The van der Waals surface area contributed by atoms with Gasteiger partial charge < -0.3 is 25.4 Å². The Morgan fingerprint density at radius 3 is 2.46 bits per heavy atom. The molecule has 5 rings (SSSR count). The van der Waals surface area contributed by atoms with Gasteiger partial charge >= 0.3 is 5.97 Å². The lowest BCUT2D eigenvalue weighted by Crippen LogP contribution is -2.49. The third-order valence-electron chi connectivity index (χ3n) is 8.38. The summed E-state index contributed by atoms with van der Waals surface area (Å²) in [5, 5.41) is 15.9. The van der Waals surface area contributed by atoms with E-state index in [2.05, 4.69) is 36.5 Å². The van der Waals surface area contributed by atoms with Gasteiger partial charge in [-0.3, -0.25) is 18.9 Å². The molecule has 2 fully saturated rings. The van der Waals surface area contributed by atoms with Gasteiger partial charge in [-0.15, -0.1) is 12.4 Å². The number of benzene rings is 2. The zero-order valence-electron chi connectivity index (χ0n) is 26.3. The normalized spacial score (nSPS) is 16.7. The minimum atomic E-state index is -1.20. The lowest BCUT2D eigenvalue weighted by molar-refractivity contribution is -0.138. The van der Waals surface area contributed by atoms with Crippen LogP contribution in [0.4, 0.5) is 34.5 Å². The molecule has 0 amide bonds. The minimum absolute atomic E-state index is 0. The van der Waals surface area contributed by atoms with E-state index < -0.39 is 17.0 Å². The molecule has 0 saturated carbocycles. The van der Waals surface area contributed by atoms with Crippen LogP contribution in [-0.2, 0) is 15.8 Å². The van der Waals surface area contributed by atoms with Gasteiger partial charge in [-0.05, 0) is 56.1 Å². The molecule has 1 atom stereocenters. The van der Waals surface area contributed by atoms with E-state index in [9.17, 15) is 9.00 Å². The van der Waals surface area contributed by atoms with Gasteiger partial charge in [0.2, 0.25) is 5.95 Å². The second kappa shape index (κ2) is 16.5. The van der Waals surface area contributed by atoms with Crippen LogP contribution < -0.4 is 24.6 Å². The van der Waals surface area contributed by atoms with Crippen molar-refractivity contribution in [2.24, 2.45) is 5.92 Å². The van der Waals surface area contributed by atoms with Crippen LogP contribution in [0.1, 0.15) is 12.8 Å². The number of rotatable bonds is 12. The number of ether oxygens (including phenoxy) is 1. The van der Waals surface area contributed by atoms with E-state index >= 15 is 0 Å². The molecule has 46 heavy (non-hydrogen) atoms. The summed E-state index contributed by atoms with van der Waals surface area (Å²) in [6.45, 7) is 6.76. The van der Waals surface area contributed by atoms with E-state index in [0.717, 1.165) is 75.7 Å². The average molecular weight is 694 g/mol. The quantitative estimate of drug-likeness (QED) is 0.245. The van der Waals surface area contributed by atoms with Crippen molar-refractivity contribution in [1.29, 1.82) is 0 Å². The van der Waals surface area contributed by atoms with Gasteiger partial charge in [0.15, 0.2) is 5.82 Å². The van der Waals surface area contributed by atoms with Gasteiger partial charge in [0.05, 0.1) is 36.9 Å². The van der Waals surface area contributed by atoms with Gasteiger partial charge in [0, 0.05) is 57.8 Å². The fourth-order valence-corrected chi connectivity index (χ4v) is 6.38. The largest absolute Gasteiger partial charge is 0.494 e. The standard InChI is InChI=1S/C31H41ClN8O4S.ClH/c1-37(45(3)43)27-7-5-4-6-25(27)34-30-24(32)19-33-31(36-30)35-26-9-8-23(18-28(26)44-2)40-16-14-39(15-17-40)20-22-10-12-38(13-11-22)21-29(41)42;/h4-9,18-19,22H,10-17,20-21H2,1-3H3,(H,41,42)(H2,33,34,35,36);1H. The Bertz CT molecular complexity index is 1500. The van der Waals surface area contributed by atoms with Crippen molar-refractivity contribution in [1.82, 2.24) is 19.8 Å². The Hall–Kier alpha value is -3.36. The zero-order valence-corrected chi connectivity index (χ0v) is 28.7. The highest BCUT2D eigenvalue weighted by atomic mass is 35.5. The second-order valence-electron chi connectivity index (χ2n) is 11.4. The third kappa shape index (κ3) is 9.13. The lowest BCUT2D eigenvalue weighted by atomic mass is 9.96. The molecule has 12 nitrogen and oxygen atoms in total. The van der Waals surface area contributed by atoms with Crippen LogP contribution in [0.25, 0.3) is 0 Å². The number of para-hydroxylation sites is 2. The summed E-state index contributed by atoms with van der Waals surface area (Å²) < 4.78 is 19.5. The summed E-state index contributed by atoms with van der Waals surface area (Å²) in [5.41, 5.74) is 3.28. The fraction of sp³-hybridized carbons (Fsp3) is 0.452. The Morgan fingerprint density at radius 2 is 1.78 bits per heavy atom. The number of carboxylic acid groups (broad SMARTS) is 1. The monoisotopic (exact) mass is 692 g/mol. The number of nitrogens with one attached hydrogen (secondary N) is 2. The lowest BCUT2D eigenvalue weighted by Gasteiger charge is -2.39. The SMILES string of the molecule is COc1cc(N2CCN(CC3CCN(CC(=O)O)CC3)CC2)ccc1Nc1ncc(Cl)c(Nc2ccccc2N(C)S(C)=O)n1.Cl. The molecular formula is C31H42Cl2N8O4S. The third-order valence-corrected chi connectivity index (χ3v) is 9.62. The molecule has 2 aromatic carbocycles. The van der Waals surface area contributed by atoms with Crippen LogP contribution in [0, 0.1) is 5.92 Å². The first-order valence-corrected chi connectivity index (χ1v) is 16.9. The highest BCUT2D eigenvalue weighted by Gasteiger charge is 2.25. The highest BCUT2D eigenvalue weighted by molar-refractivity contribution is 7.85. The molecule has 2 saturated heterocycles. The molecule has 1 unspecified atom stereocenters. The van der Waals surface area contributed by atoms with E-state index in [4.69, 9.17) is 21.4 Å². The van der Waals surface area contributed by atoms with E-state index in [0.29, 0.717) is 34.1 Å². The number of hydrogen-bond donors (Lipinski definition) is 3. The molecule has 3 heterocycles. The number of piperazine rings is 1. The Kier molecular flexibility index (Phi) is 12.7. The summed E-state index contributed by atoms with van der Waals surface area (Å²) in [7, 11) is 2.20. The van der Waals surface area contributed by atoms with Crippen LogP contribution in [-0.4, -0.2) is 108 Å². The summed E-state index contributed by atoms with van der Waals surface area (Å²) in [4.78, 5) is 26.9. The molecular weight excluding hydrogens is 651 g/mol. The molecule has 250 valence electrons. The van der Waals surface area contributed by atoms with Crippen molar-refractivity contribution in [2.45, 2.75) is 12.8 Å². The molecule has 3 N–H and O–H groups in total. The molecule has 15 heteroatoms. The van der Waals surface area contributed by atoms with Crippen LogP contribution in [0.5, 0.6) is 5.75 Å². The maximum atomic E-state index is 12.1. The summed E-state index contributed by atoms with van der Waals surface area (Å²) in [6.07, 6.45) is 5.26. The van der Waals surface area contributed by atoms with Crippen LogP contribution in [0.3, 0.4) is 0 Å². The topological polar surface area (TPSA) is 126 Å². The number of aliphatic carboxylic acids is 1. The summed E-state index contributed by atoms with van der Waals surface area (Å²) in [5.74, 6) is 1.31. The van der Waals surface area contributed by atoms with Gasteiger partial charge in [-0.2, -0.15) is 4.98 Å². The van der Waals surface area contributed by atoms with Gasteiger partial charge in [-0.25, -0.2) is 9.19 Å². The predicted octanol–water partition coefficient (Wildman–Crippen LogP) is 4.70. The Morgan fingerprint density at radius 1 is 1.07 bits per heavy atom. The summed E-state index contributed by atoms with van der Waals surface area (Å²) in [6, 6.07) is 13.6. The van der Waals surface area contributed by atoms with Crippen molar-refractivity contribution >= 4 is 75.5 Å². The van der Waals surface area contributed by atoms with Crippen molar-refractivity contribution in [2.75, 3.05) is 92.6 Å². The number of hydrogen-bond acceptors (Lipinski definition) is 10. The predicted molar refractivity (Wildman–Crippen MR) is 188 cm³/mol. The fourth-order valence-electron chi connectivity index (χ4n) is 5.81. The van der Waals surface area contributed by atoms with Crippen molar-refractivity contribution < 1.29 is 18.8 Å². The number of aromatic nitrogens is 2. The van der Waals surface area contributed by atoms with Gasteiger partial charge in [-0.1, -0.05) is 23.7 Å². The first-order chi connectivity index (χ1) is 21.7. The number of anilines is 6. The Labute approximate surface area is 284 Å². The number of piperidine rings is 1. The van der Waals surface area contributed by atoms with E-state index in [1.165, 1.54) is 6.20 Å². The van der Waals surface area contributed by atoms with Crippen molar-refractivity contribution in [3.63, 3.8) is 0 Å². The molecule has 0 spiro atoms. The van der Waals surface area contributed by atoms with Crippen LogP contribution in [0.2, 0.25) is 5.02 Å². The molecule has 1 aromatic heterocycles. The van der Waals surface area contributed by atoms with Gasteiger partial charge in [0.1, 0.15) is 21.8 Å². The van der Waals surface area contributed by atoms with Crippen molar-refractivity contribution in [3.8, 4) is 5.75 Å². The molecule has 3 aromatic rings. The van der Waals surface area contributed by atoms with E-state index in [1.54, 1.807) is 24.7 Å². The molecule has 0 bridgehead atoms. The second-order valence-corrected chi connectivity index (χ2v) is 13.2. The molecule has 0 aliphatic carbocycles. The first kappa shape index (κ1) is 35.5. The molecule has 2 aliphatic rings. The van der Waals surface area contributed by atoms with E-state index in [-0.39, 0.29) is 19.0 Å². The van der Waals surface area contributed by atoms with Crippen LogP contribution >= 0.6 is 24.0 Å². The minimum Gasteiger partial charge on any atom is -0.494 e. The van der Waals surface area contributed by atoms with Gasteiger partial charge in [0.25, 0.3) is 0 Å². The smallest absolute Gasteiger partial charge is 0.317 e. The number of nitrogens with zero attached hydrogens (tertiary/aromatic N) is 6. The summed E-state index contributed by atoms with van der Waals surface area (Å²) >= 11 is 6.45. The first-order valence-electron chi connectivity index (χ1n) is 15.0. The number of halogens is 2. The molecule has 0 radical (unpaired) electrons. The number of likely N-dealkylation sites (tertiary alicyclic amines) is 1. The maximum Gasteiger partial charge on any atom is 0.317 e. The number of methoxy groups -OCH3 is 1. The van der Waals surface area contributed by atoms with Crippen LogP contribution in [0.15, 0.2) is 48.7 Å². The highest BCUT2D eigenvalue weighted by Crippen LogP contribution is 2.34. The van der Waals surface area contributed by atoms with E-state index in [1.807, 2.05) is 41.3 Å². The molecule has 2 aliphatic heterocycles. The maximum absolute atomic E-state index is 12.1.